The molecule has 13 heavy (non-hydrogen) atoms. The molecule has 68 valence electrons. The monoisotopic (exact) mass is 176 g/mol. The lowest BCUT2D eigenvalue weighted by molar-refractivity contribution is -0.114. The Bertz CT molecular complexity index is 319. The second kappa shape index (κ2) is 3.99. The van der Waals surface area contributed by atoms with E-state index < -0.39 is 0 Å². The van der Waals surface area contributed by atoms with E-state index in [4.69, 9.17) is 0 Å². The number of hydrogen-bond acceptors (Lipinski definition) is 2. The molecule has 0 spiro atoms. The van der Waals surface area contributed by atoms with Crippen molar-refractivity contribution >= 4 is 11.6 Å². The Hall–Kier alpha value is -1.44. The summed E-state index contributed by atoms with van der Waals surface area (Å²) in [4.78, 5) is 22.1. The topological polar surface area (TPSA) is 34.1 Å². The van der Waals surface area contributed by atoms with E-state index in [1.54, 1.807) is 0 Å². The maximum atomic E-state index is 11.2. The average molecular weight is 176 g/mol. The highest BCUT2D eigenvalue weighted by Crippen LogP contribution is 2.14. The van der Waals surface area contributed by atoms with Crippen LogP contribution in [0.4, 0.5) is 0 Å². The molecule has 0 aromatic rings. The molecule has 1 aliphatic rings. The van der Waals surface area contributed by atoms with Gasteiger partial charge in [-0.25, -0.2) is 0 Å². The molecule has 2 heteroatoms. The predicted octanol–water partition coefficient (Wildman–Crippen LogP) is 1.98. The van der Waals surface area contributed by atoms with Crippen LogP contribution < -0.4 is 0 Å². The zero-order chi connectivity index (χ0) is 9.84. The summed E-state index contributed by atoms with van der Waals surface area (Å²) in [5, 5.41) is 0. The first-order chi connectivity index (χ1) is 6.09. The van der Waals surface area contributed by atoms with E-state index in [-0.39, 0.29) is 11.6 Å². The predicted molar refractivity (Wildman–Crippen MR) is 51.3 cm³/mol. The van der Waals surface area contributed by atoms with Crippen molar-refractivity contribution in [2.45, 2.75) is 19.8 Å². The van der Waals surface area contributed by atoms with Gasteiger partial charge in [-0.2, -0.15) is 0 Å². The summed E-state index contributed by atoms with van der Waals surface area (Å²) in [5.41, 5.74) is 1.62. The van der Waals surface area contributed by atoms with Crippen molar-refractivity contribution in [2.75, 3.05) is 0 Å². The van der Waals surface area contributed by atoms with Gasteiger partial charge in [-0.15, -0.1) is 6.58 Å². The van der Waals surface area contributed by atoms with Gasteiger partial charge < -0.3 is 0 Å². The van der Waals surface area contributed by atoms with Crippen LogP contribution in [0.2, 0.25) is 0 Å². The molecule has 0 aromatic heterocycles. The zero-order valence-corrected chi connectivity index (χ0v) is 7.67. The molecule has 0 aliphatic heterocycles. The van der Waals surface area contributed by atoms with Crippen LogP contribution in [0.25, 0.3) is 0 Å². The number of ketones is 2. The number of allylic oxidation sites excluding steroid dienone is 5. The maximum absolute atomic E-state index is 11.2. The Morgan fingerprint density at radius 3 is 2.69 bits per heavy atom. The largest absolute Gasteiger partial charge is 0.290 e. The van der Waals surface area contributed by atoms with Gasteiger partial charge in [0, 0.05) is 5.57 Å². The third-order valence-corrected chi connectivity index (χ3v) is 1.85. The number of rotatable bonds is 3. The lowest BCUT2D eigenvalue weighted by Crippen LogP contribution is -2.07. The molecule has 0 heterocycles. The highest BCUT2D eigenvalue weighted by Gasteiger charge is 2.12. The molecule has 1 rings (SSSR count). The van der Waals surface area contributed by atoms with Gasteiger partial charge in [0.25, 0.3) is 0 Å². The highest BCUT2D eigenvalue weighted by atomic mass is 16.1. The van der Waals surface area contributed by atoms with Crippen LogP contribution in [0.3, 0.4) is 0 Å². The SMILES string of the molecule is C=C(C)CCC1=CC(=O)C=CC1=O. The lowest BCUT2D eigenvalue weighted by atomic mass is 9.98. The van der Waals surface area contributed by atoms with Crippen molar-refractivity contribution in [3.8, 4) is 0 Å². The normalized spacial score (nSPS) is 15.9. The van der Waals surface area contributed by atoms with Crippen molar-refractivity contribution in [3.63, 3.8) is 0 Å². The number of carbonyl (C=O) groups excluding carboxylic acids is 2. The van der Waals surface area contributed by atoms with Gasteiger partial charge in [0.2, 0.25) is 0 Å². The van der Waals surface area contributed by atoms with E-state index in [1.807, 2.05) is 6.92 Å². The Kier molecular flexibility index (Phi) is 2.96. The summed E-state index contributed by atoms with van der Waals surface area (Å²) in [6.07, 6.45) is 5.41. The molecule has 1 aliphatic carbocycles. The molecule has 0 N–H and O–H groups in total. The molecule has 2 nitrogen and oxygen atoms in total. The van der Waals surface area contributed by atoms with Crippen LogP contribution >= 0.6 is 0 Å². The van der Waals surface area contributed by atoms with Crippen LogP contribution in [0.5, 0.6) is 0 Å². The Morgan fingerprint density at radius 2 is 2.08 bits per heavy atom. The molecule has 0 bridgehead atoms. The number of carbonyl (C=O) groups is 2. The summed E-state index contributed by atoms with van der Waals surface area (Å²) in [6.45, 7) is 5.65. The number of hydrogen-bond donors (Lipinski definition) is 0. The summed E-state index contributed by atoms with van der Waals surface area (Å²) in [7, 11) is 0. The van der Waals surface area contributed by atoms with Gasteiger partial charge >= 0.3 is 0 Å². The molecular formula is C11H12O2. The third kappa shape index (κ3) is 2.82. The van der Waals surface area contributed by atoms with Gasteiger partial charge in [-0.1, -0.05) is 5.57 Å². The Labute approximate surface area is 77.6 Å². The fourth-order valence-corrected chi connectivity index (χ4v) is 1.10. The highest BCUT2D eigenvalue weighted by molar-refractivity contribution is 6.17. The quantitative estimate of drug-likeness (QED) is 0.486. The van der Waals surface area contributed by atoms with E-state index in [1.165, 1.54) is 18.2 Å². The first kappa shape index (κ1) is 9.65. The minimum absolute atomic E-state index is 0.0548. The third-order valence-electron chi connectivity index (χ3n) is 1.85. The van der Waals surface area contributed by atoms with E-state index in [2.05, 4.69) is 6.58 Å². The first-order valence-corrected chi connectivity index (χ1v) is 4.21. The van der Waals surface area contributed by atoms with Gasteiger partial charge in [0.15, 0.2) is 11.6 Å². The molecule has 0 fully saturated rings. The summed E-state index contributed by atoms with van der Waals surface area (Å²) in [6, 6.07) is 0. The molecule has 0 amide bonds. The van der Waals surface area contributed by atoms with Crippen LogP contribution in [0.15, 0.2) is 36.0 Å². The van der Waals surface area contributed by atoms with Gasteiger partial charge in [0.05, 0.1) is 0 Å². The first-order valence-electron chi connectivity index (χ1n) is 4.21. The van der Waals surface area contributed by atoms with Crippen molar-refractivity contribution in [3.05, 3.63) is 36.0 Å². The van der Waals surface area contributed by atoms with Crippen molar-refractivity contribution in [1.82, 2.24) is 0 Å². The van der Waals surface area contributed by atoms with E-state index >= 15 is 0 Å². The van der Waals surface area contributed by atoms with Crippen LogP contribution in [0, 0.1) is 0 Å². The minimum atomic E-state index is -0.101. The second-order valence-corrected chi connectivity index (χ2v) is 3.23. The van der Waals surface area contributed by atoms with E-state index in [0.717, 1.165) is 12.0 Å². The molecule has 0 saturated heterocycles. The standard InChI is InChI=1S/C11H12O2/c1-8(2)3-4-9-7-10(12)5-6-11(9)13/h5-7H,1,3-4H2,2H3. The lowest BCUT2D eigenvalue weighted by Gasteiger charge is -2.05. The molecule has 0 unspecified atom stereocenters. The summed E-state index contributed by atoms with van der Waals surface area (Å²) < 4.78 is 0. The minimum Gasteiger partial charge on any atom is -0.290 e. The van der Waals surface area contributed by atoms with Crippen molar-refractivity contribution < 1.29 is 9.59 Å². The van der Waals surface area contributed by atoms with E-state index in [0.29, 0.717) is 12.0 Å². The smallest absolute Gasteiger partial charge is 0.182 e. The van der Waals surface area contributed by atoms with Gasteiger partial charge in [-0.05, 0) is 38.0 Å². The van der Waals surface area contributed by atoms with Gasteiger partial charge in [0.1, 0.15) is 0 Å². The molecule has 0 radical (unpaired) electrons. The summed E-state index contributed by atoms with van der Waals surface area (Å²) >= 11 is 0. The fraction of sp³-hybridized carbons (Fsp3) is 0.273. The Morgan fingerprint density at radius 1 is 1.38 bits per heavy atom. The molecule has 0 aromatic carbocycles. The molecular weight excluding hydrogens is 164 g/mol. The Balaban J connectivity index is 2.63. The molecule has 0 atom stereocenters. The average Bonchev–Trinajstić information content (AvgIpc) is 2.06. The van der Waals surface area contributed by atoms with Crippen molar-refractivity contribution in [2.24, 2.45) is 0 Å². The fourth-order valence-electron chi connectivity index (χ4n) is 1.10. The summed E-state index contributed by atoms with van der Waals surface area (Å²) in [5.74, 6) is -0.155. The molecule has 0 saturated carbocycles. The van der Waals surface area contributed by atoms with Crippen molar-refractivity contribution in [1.29, 1.82) is 0 Å². The second-order valence-electron chi connectivity index (χ2n) is 3.23. The zero-order valence-electron chi connectivity index (χ0n) is 7.67. The van der Waals surface area contributed by atoms with Crippen LogP contribution in [0.1, 0.15) is 19.8 Å². The van der Waals surface area contributed by atoms with Crippen LogP contribution in [-0.4, -0.2) is 11.6 Å². The van der Waals surface area contributed by atoms with Gasteiger partial charge in [-0.3, -0.25) is 9.59 Å². The van der Waals surface area contributed by atoms with Crippen LogP contribution in [-0.2, 0) is 9.59 Å². The van der Waals surface area contributed by atoms with E-state index in [9.17, 15) is 9.59 Å². The maximum Gasteiger partial charge on any atom is 0.182 e.